The van der Waals surface area contributed by atoms with E-state index in [1.807, 2.05) is 0 Å². The summed E-state index contributed by atoms with van der Waals surface area (Å²) in [4.78, 5) is 18.8. The highest BCUT2D eigenvalue weighted by Crippen LogP contribution is 2.47. The van der Waals surface area contributed by atoms with E-state index in [2.05, 4.69) is 22.0 Å². The fourth-order valence-electron chi connectivity index (χ4n) is 8.25. The lowest BCUT2D eigenvalue weighted by molar-refractivity contribution is -0.0659. The van der Waals surface area contributed by atoms with E-state index in [9.17, 15) is 19.7 Å². The molecule has 2 fully saturated rings. The van der Waals surface area contributed by atoms with Crippen LogP contribution < -0.4 is 5.73 Å². The van der Waals surface area contributed by atoms with Crippen LogP contribution in [0, 0.1) is 5.92 Å². The Morgan fingerprint density at radius 2 is 1.52 bits per heavy atom. The maximum absolute atomic E-state index is 13.3. The van der Waals surface area contributed by atoms with Crippen molar-refractivity contribution in [3.8, 4) is 0 Å². The number of fused-ring (bicyclic) bond motifs is 1. The van der Waals surface area contributed by atoms with Gasteiger partial charge in [-0.3, -0.25) is 14.0 Å². The Morgan fingerprint density at radius 1 is 0.929 bits per heavy atom. The molecule has 1 aliphatic carbocycles. The minimum absolute atomic E-state index is 0.0970. The molecule has 0 spiro atoms. The highest BCUT2D eigenvalue weighted by atomic mass is 31.2. The molecule has 1 saturated carbocycles. The number of nitrogens with two attached hydrogens (primary N) is 1. The van der Waals surface area contributed by atoms with Crippen molar-refractivity contribution in [3.63, 3.8) is 0 Å². The molecule has 14 heteroatoms. The van der Waals surface area contributed by atoms with Gasteiger partial charge in [0.15, 0.2) is 11.4 Å². The molecule has 2 aliphatic rings. The first-order chi connectivity index (χ1) is 27.2. The zero-order chi connectivity index (χ0) is 40.1. The summed E-state index contributed by atoms with van der Waals surface area (Å²) in [6.45, 7) is 2.20. The number of hydrogen-bond acceptors (Lipinski definition) is 11. The molecule has 0 radical (unpaired) electrons. The van der Waals surface area contributed by atoms with Crippen LogP contribution in [0.2, 0.25) is 0 Å². The number of nitrogen functional groups attached to an aromatic ring is 1. The lowest BCUT2D eigenvalue weighted by Crippen LogP contribution is -2.48. The number of phosphoric acid groups is 1. The third-order valence-electron chi connectivity index (χ3n) is 11.7. The second-order valence-corrected chi connectivity index (χ2v) is 17.8. The topological polar surface area (TPSA) is 183 Å². The largest absolute Gasteiger partial charge is 0.472 e. The van der Waals surface area contributed by atoms with E-state index in [0.717, 1.165) is 32.1 Å². The molecular weight excluding hydrogens is 733 g/mol. The fraction of sp³-hybridized carbons (Fsp3) is 0.833. The molecule has 5 N–H and O–H groups in total. The predicted molar refractivity (Wildman–Crippen MR) is 222 cm³/mol. The Balaban J connectivity index is 1.17. The van der Waals surface area contributed by atoms with Crippen molar-refractivity contribution in [1.29, 1.82) is 0 Å². The third-order valence-corrected chi connectivity index (χ3v) is 12.6. The van der Waals surface area contributed by atoms with Gasteiger partial charge < -0.3 is 30.3 Å². The van der Waals surface area contributed by atoms with Crippen LogP contribution in [0.25, 0.3) is 5.52 Å². The highest BCUT2D eigenvalue weighted by Gasteiger charge is 2.55. The Labute approximate surface area is 336 Å². The second kappa shape index (κ2) is 25.5. The van der Waals surface area contributed by atoms with Gasteiger partial charge in [0, 0.05) is 19.9 Å². The van der Waals surface area contributed by atoms with Gasteiger partial charge >= 0.3 is 7.82 Å². The van der Waals surface area contributed by atoms with Crippen LogP contribution in [0.3, 0.4) is 0 Å². The third kappa shape index (κ3) is 15.3. The van der Waals surface area contributed by atoms with Crippen molar-refractivity contribution >= 4 is 25.4 Å². The summed E-state index contributed by atoms with van der Waals surface area (Å²) in [5, 5.41) is 26.5. The first-order valence-electron chi connectivity index (χ1n) is 22.0. The number of rotatable bonds is 30. The van der Waals surface area contributed by atoms with Gasteiger partial charge in [-0.1, -0.05) is 142 Å². The first kappa shape index (κ1) is 46.7. The van der Waals surface area contributed by atoms with Gasteiger partial charge in [0.25, 0.3) is 0 Å². The summed E-state index contributed by atoms with van der Waals surface area (Å²) in [5.41, 5.74) is 5.15. The summed E-state index contributed by atoms with van der Waals surface area (Å²) in [5.74, 6) is 0.738. The van der Waals surface area contributed by atoms with Crippen LogP contribution in [0.15, 0.2) is 23.5 Å². The highest BCUT2D eigenvalue weighted by molar-refractivity contribution is 7.47. The molecule has 0 aromatic carbocycles. The number of aliphatic hydroxyl groups excluding tert-OH is 2. The van der Waals surface area contributed by atoms with Crippen molar-refractivity contribution in [2.75, 3.05) is 32.6 Å². The van der Waals surface area contributed by atoms with Crippen LogP contribution in [-0.4, -0.2) is 86.7 Å². The lowest BCUT2D eigenvalue weighted by atomic mass is 9.90. The van der Waals surface area contributed by atoms with Crippen molar-refractivity contribution < 1.29 is 38.2 Å². The Hall–Kier alpha value is -1.96. The quantitative estimate of drug-likeness (QED) is 0.0336. The van der Waals surface area contributed by atoms with Gasteiger partial charge in [-0.25, -0.2) is 14.1 Å². The van der Waals surface area contributed by atoms with Crippen molar-refractivity contribution in [3.05, 3.63) is 24.2 Å². The van der Waals surface area contributed by atoms with E-state index < -0.39 is 38.3 Å². The maximum Gasteiger partial charge on any atom is 0.472 e. The zero-order valence-corrected chi connectivity index (χ0v) is 35.4. The van der Waals surface area contributed by atoms with Gasteiger partial charge in [0.2, 0.25) is 0 Å². The summed E-state index contributed by atoms with van der Waals surface area (Å²) in [7, 11) is -3.15. The smallest absolute Gasteiger partial charge is 0.387 e. The van der Waals surface area contributed by atoms with Gasteiger partial charge in [0.05, 0.1) is 25.0 Å². The van der Waals surface area contributed by atoms with Crippen molar-refractivity contribution in [1.82, 2.24) is 14.6 Å². The number of aliphatic hydroxyl groups is 2. The molecule has 0 amide bonds. The zero-order valence-electron chi connectivity index (χ0n) is 34.5. The van der Waals surface area contributed by atoms with Crippen molar-refractivity contribution in [2.45, 2.75) is 191 Å². The first-order valence-corrected chi connectivity index (χ1v) is 23.5. The molecule has 13 nitrogen and oxygen atoms in total. The number of nitrogens with zero attached hydrogens (tertiary/aromatic N) is 4. The van der Waals surface area contributed by atoms with E-state index in [4.69, 9.17) is 24.3 Å². The SMILES string of the molecule is CCCCCCCCCCCCCCCCCCCC[C@H](COP(=O)(O)OC[C@@]1(C=NC)O[C@@H](c2ccc3c(N)ncnn23)[C@H](O)[C@@H]1O)OCC1CCCCC1. The molecule has 1 unspecified atom stereocenters. The van der Waals surface area contributed by atoms with Gasteiger partial charge in [-0.05, 0) is 37.3 Å². The number of hydrogen-bond donors (Lipinski definition) is 4. The normalized spacial score (nSPS) is 23.7. The van der Waals surface area contributed by atoms with E-state index >= 15 is 0 Å². The number of aliphatic imine (C=N–C) groups is 1. The number of ether oxygens (including phenoxy) is 2. The summed E-state index contributed by atoms with van der Waals surface area (Å²) >= 11 is 0. The number of aromatic nitrogens is 3. The molecule has 3 heterocycles. The van der Waals surface area contributed by atoms with Gasteiger partial charge in [0.1, 0.15) is 30.2 Å². The Bertz CT molecular complexity index is 1440. The number of anilines is 1. The van der Waals surface area contributed by atoms with Gasteiger partial charge in [-0.15, -0.1) is 0 Å². The molecule has 1 saturated heterocycles. The lowest BCUT2D eigenvalue weighted by Gasteiger charge is -2.29. The summed E-state index contributed by atoms with van der Waals surface area (Å²) < 4.78 is 38.2. The van der Waals surface area contributed by atoms with Crippen LogP contribution in [0.4, 0.5) is 5.82 Å². The van der Waals surface area contributed by atoms with Crippen LogP contribution >= 0.6 is 7.82 Å². The molecule has 56 heavy (non-hydrogen) atoms. The molecule has 4 rings (SSSR count). The fourth-order valence-corrected chi connectivity index (χ4v) is 9.04. The van der Waals surface area contributed by atoms with Gasteiger partial charge in [-0.2, -0.15) is 5.10 Å². The molecule has 0 bridgehead atoms. The maximum atomic E-state index is 13.3. The van der Waals surface area contributed by atoms with Crippen LogP contribution in [-0.2, 0) is 23.1 Å². The summed E-state index contributed by atoms with van der Waals surface area (Å²) in [6.07, 6.45) is 28.5. The Morgan fingerprint density at radius 3 is 2.11 bits per heavy atom. The number of phosphoric ester groups is 1. The predicted octanol–water partition coefficient (Wildman–Crippen LogP) is 9.07. The summed E-state index contributed by atoms with van der Waals surface area (Å²) in [6, 6.07) is 3.34. The average molecular weight is 808 g/mol. The Kier molecular flexibility index (Phi) is 21.3. The standard InChI is InChI=1S/C42H74N5O8P/c1-3-4-5-6-7-8-9-10-11-12-13-14-15-16-17-18-19-23-26-35(52-29-34-24-21-20-22-25-34)30-53-56(50,51)54-32-42(31-44-2)40(49)38(48)39(55-42)36-27-28-37-41(43)45-33-46-47(36)37/h27-28,31,33-35,38-40,48-49H,3-26,29-30,32H2,1-2H3,(H,50,51)(H2,43,45,46)/t35-,38+,39+,40+,42-/m1/s1. The molecule has 1 aliphatic heterocycles. The monoisotopic (exact) mass is 808 g/mol. The van der Waals surface area contributed by atoms with Crippen LogP contribution in [0.5, 0.6) is 0 Å². The number of unbranched alkanes of at least 4 members (excludes halogenated alkanes) is 17. The molecule has 6 atom stereocenters. The minimum atomic E-state index is -4.63. The molecule has 320 valence electrons. The molecular formula is C42H74N5O8P. The van der Waals surface area contributed by atoms with E-state index in [0.29, 0.717) is 23.7 Å². The molecule has 2 aromatic heterocycles. The van der Waals surface area contributed by atoms with E-state index in [1.165, 1.54) is 146 Å². The van der Waals surface area contributed by atoms with Crippen molar-refractivity contribution in [2.24, 2.45) is 10.9 Å². The average Bonchev–Trinajstić information content (AvgIpc) is 3.74. The second-order valence-electron chi connectivity index (χ2n) is 16.3. The molecule has 2 aromatic rings. The van der Waals surface area contributed by atoms with E-state index in [-0.39, 0.29) is 18.5 Å². The van der Waals surface area contributed by atoms with E-state index in [1.54, 1.807) is 12.1 Å². The van der Waals surface area contributed by atoms with Crippen LogP contribution in [0.1, 0.15) is 173 Å². The minimum Gasteiger partial charge on any atom is -0.387 e.